The summed E-state index contributed by atoms with van der Waals surface area (Å²) < 4.78 is 2.96. The molecule has 4 heteroatoms. The molecular formula is C8H4Br4. The van der Waals surface area contributed by atoms with Crippen molar-refractivity contribution < 1.29 is 0 Å². The second kappa shape index (κ2) is 4.94. The Morgan fingerprint density at radius 3 is 2.08 bits per heavy atom. The highest BCUT2D eigenvalue weighted by molar-refractivity contribution is 9.29. The number of halogens is 4. The van der Waals surface area contributed by atoms with E-state index >= 15 is 0 Å². The van der Waals surface area contributed by atoms with E-state index in [9.17, 15) is 0 Å². The average Bonchev–Trinajstić information content (AvgIpc) is 2.04. The summed E-state index contributed by atoms with van der Waals surface area (Å²) in [6.07, 6.45) is 0. The minimum atomic E-state index is 0.905. The Bertz CT molecular complexity index is 313. The van der Waals surface area contributed by atoms with Crippen LogP contribution in [0.15, 0.2) is 32.1 Å². The molecule has 1 aromatic carbocycles. The summed E-state index contributed by atoms with van der Waals surface area (Å²) in [5.41, 5.74) is 1.11. The van der Waals surface area contributed by atoms with Gasteiger partial charge < -0.3 is 0 Å². The van der Waals surface area contributed by atoms with Crippen molar-refractivity contribution in [2.24, 2.45) is 0 Å². The van der Waals surface area contributed by atoms with Gasteiger partial charge in [0.05, 0.1) is 3.39 Å². The lowest BCUT2D eigenvalue weighted by molar-refractivity contribution is 1.60. The van der Waals surface area contributed by atoms with Crippen molar-refractivity contribution in [3.63, 3.8) is 0 Å². The number of benzene rings is 1. The molecule has 0 fully saturated rings. The third-order valence-electron chi connectivity index (χ3n) is 1.28. The fraction of sp³-hybridized carbons (Fsp3) is 0. The maximum absolute atomic E-state index is 3.46. The van der Waals surface area contributed by atoms with E-state index in [4.69, 9.17) is 0 Å². The number of hydrogen-bond acceptors (Lipinski definition) is 0. The van der Waals surface area contributed by atoms with Crippen LogP contribution < -0.4 is 0 Å². The predicted octanol–water partition coefficient (Wildman–Crippen LogP) is 5.26. The van der Waals surface area contributed by atoms with E-state index in [2.05, 4.69) is 63.7 Å². The van der Waals surface area contributed by atoms with E-state index < -0.39 is 0 Å². The molecule has 12 heavy (non-hydrogen) atoms. The van der Waals surface area contributed by atoms with Crippen LogP contribution in [-0.4, -0.2) is 0 Å². The van der Waals surface area contributed by atoms with Crippen LogP contribution in [0.2, 0.25) is 0 Å². The molecule has 0 bridgehead atoms. The fourth-order valence-electron chi connectivity index (χ4n) is 0.741. The summed E-state index contributed by atoms with van der Waals surface area (Å²) in [5, 5.41) is 0. The molecule has 0 saturated heterocycles. The molecule has 0 radical (unpaired) electrons. The molecule has 0 atom stereocenters. The van der Waals surface area contributed by atoms with Crippen molar-refractivity contribution in [3.8, 4) is 0 Å². The van der Waals surface area contributed by atoms with Gasteiger partial charge in [0.15, 0.2) is 0 Å². The molecule has 0 amide bonds. The van der Waals surface area contributed by atoms with Gasteiger partial charge in [0.1, 0.15) is 0 Å². The molecule has 0 nitrogen and oxygen atoms in total. The van der Waals surface area contributed by atoms with E-state index in [1.54, 1.807) is 0 Å². The molecule has 0 N–H and O–H groups in total. The Morgan fingerprint density at radius 2 is 1.58 bits per heavy atom. The van der Waals surface area contributed by atoms with E-state index in [0.717, 1.165) is 17.9 Å². The molecule has 0 heterocycles. The second-order valence-electron chi connectivity index (χ2n) is 2.05. The molecule has 0 spiro atoms. The molecule has 0 aromatic heterocycles. The van der Waals surface area contributed by atoms with E-state index in [1.165, 1.54) is 0 Å². The van der Waals surface area contributed by atoms with Gasteiger partial charge in [-0.1, -0.05) is 34.1 Å². The Labute approximate surface area is 105 Å². The van der Waals surface area contributed by atoms with Gasteiger partial charge in [-0.2, -0.15) is 0 Å². The number of hydrogen-bond donors (Lipinski definition) is 0. The maximum Gasteiger partial charge on any atom is 0.0752 e. The van der Waals surface area contributed by atoms with Gasteiger partial charge in [-0.05, 0) is 53.9 Å². The van der Waals surface area contributed by atoms with Crippen molar-refractivity contribution in [2.75, 3.05) is 0 Å². The van der Waals surface area contributed by atoms with Gasteiger partial charge in [0, 0.05) is 14.5 Å². The van der Waals surface area contributed by atoms with Crippen molar-refractivity contribution in [2.45, 2.75) is 0 Å². The largest absolute Gasteiger partial charge is 0.0752 e. The highest BCUT2D eigenvalue weighted by Gasteiger charge is 2.04. The van der Waals surface area contributed by atoms with Crippen LogP contribution >= 0.6 is 63.7 Å². The van der Waals surface area contributed by atoms with E-state index in [-0.39, 0.29) is 0 Å². The fourth-order valence-corrected chi connectivity index (χ4v) is 2.26. The summed E-state index contributed by atoms with van der Waals surface area (Å²) in [4.78, 5) is 0. The lowest BCUT2D eigenvalue weighted by Crippen LogP contribution is -1.78. The Morgan fingerprint density at radius 1 is 1.00 bits per heavy atom. The minimum absolute atomic E-state index is 0.905. The van der Waals surface area contributed by atoms with Gasteiger partial charge in [-0.25, -0.2) is 0 Å². The molecule has 1 aromatic rings. The standard InChI is InChI=1S/C8H4Br4/c9-6-4-2-1-3-5(6)7(10)8(11)12/h1-4H. The van der Waals surface area contributed by atoms with Crippen LogP contribution in [0.4, 0.5) is 0 Å². The maximum atomic E-state index is 3.46. The van der Waals surface area contributed by atoms with Crippen molar-refractivity contribution in [1.29, 1.82) is 0 Å². The SMILES string of the molecule is BrC(Br)=C(Br)c1ccccc1Br. The molecule has 0 saturated carbocycles. The van der Waals surface area contributed by atoms with Gasteiger partial charge in [-0.15, -0.1) is 0 Å². The average molecular weight is 420 g/mol. The minimum Gasteiger partial charge on any atom is -0.0616 e. The zero-order valence-corrected chi connectivity index (χ0v) is 12.2. The molecule has 0 aliphatic heterocycles. The highest BCUT2D eigenvalue weighted by atomic mass is 79.9. The van der Waals surface area contributed by atoms with Crippen LogP contribution in [-0.2, 0) is 0 Å². The van der Waals surface area contributed by atoms with Crippen LogP contribution in [0.25, 0.3) is 4.48 Å². The van der Waals surface area contributed by atoms with Crippen LogP contribution in [0.3, 0.4) is 0 Å². The van der Waals surface area contributed by atoms with E-state index in [1.807, 2.05) is 24.3 Å². The van der Waals surface area contributed by atoms with Gasteiger partial charge in [0.25, 0.3) is 0 Å². The Kier molecular flexibility index (Phi) is 4.51. The summed E-state index contributed by atoms with van der Waals surface area (Å²) in [6, 6.07) is 8.00. The van der Waals surface area contributed by atoms with Crippen molar-refractivity contribution in [3.05, 3.63) is 37.7 Å². The Balaban J connectivity index is 3.21. The van der Waals surface area contributed by atoms with Crippen molar-refractivity contribution in [1.82, 2.24) is 0 Å². The van der Waals surface area contributed by atoms with Gasteiger partial charge >= 0.3 is 0 Å². The third-order valence-corrected chi connectivity index (χ3v) is 4.65. The first-order chi connectivity index (χ1) is 5.63. The van der Waals surface area contributed by atoms with Gasteiger partial charge in [0.2, 0.25) is 0 Å². The zero-order chi connectivity index (χ0) is 9.14. The van der Waals surface area contributed by atoms with Crippen LogP contribution in [0.1, 0.15) is 5.56 Å². The molecular weight excluding hydrogens is 416 g/mol. The molecule has 64 valence electrons. The lowest BCUT2D eigenvalue weighted by atomic mass is 10.2. The second-order valence-corrected chi connectivity index (χ2v) is 6.35. The molecule has 0 unspecified atom stereocenters. The topological polar surface area (TPSA) is 0 Å². The van der Waals surface area contributed by atoms with Crippen LogP contribution in [0, 0.1) is 0 Å². The van der Waals surface area contributed by atoms with Crippen molar-refractivity contribution >= 4 is 68.2 Å². The molecule has 0 aliphatic rings. The van der Waals surface area contributed by atoms with E-state index in [0.29, 0.717) is 0 Å². The Hall–Kier alpha value is 0.880. The first-order valence-electron chi connectivity index (χ1n) is 3.08. The zero-order valence-electron chi connectivity index (χ0n) is 5.82. The normalized spacial score (nSPS) is 9.67. The quantitative estimate of drug-likeness (QED) is 0.582. The number of rotatable bonds is 1. The first-order valence-corrected chi connectivity index (χ1v) is 6.26. The summed E-state index contributed by atoms with van der Waals surface area (Å²) in [6.45, 7) is 0. The molecule has 1 rings (SSSR count). The summed E-state index contributed by atoms with van der Waals surface area (Å²) >= 11 is 13.6. The highest BCUT2D eigenvalue weighted by Crippen LogP contribution is 2.35. The van der Waals surface area contributed by atoms with Crippen LogP contribution in [0.5, 0.6) is 0 Å². The monoisotopic (exact) mass is 416 g/mol. The lowest BCUT2D eigenvalue weighted by Gasteiger charge is -2.02. The smallest absolute Gasteiger partial charge is 0.0616 e. The first kappa shape index (κ1) is 11.0. The predicted molar refractivity (Wildman–Crippen MR) is 67.8 cm³/mol. The summed E-state index contributed by atoms with van der Waals surface area (Å²) in [5.74, 6) is 0. The molecule has 0 aliphatic carbocycles. The third kappa shape index (κ3) is 2.69. The van der Waals surface area contributed by atoms with Gasteiger partial charge in [-0.3, -0.25) is 0 Å². The summed E-state index contributed by atoms with van der Waals surface area (Å²) in [7, 11) is 0.